The number of aromatic carboxylic acids is 1. The van der Waals surface area contributed by atoms with Gasteiger partial charge in [-0.05, 0) is 0 Å². The maximum atomic E-state index is 12.8. The Morgan fingerprint density at radius 3 is 2.57 bits per heavy atom. The topological polar surface area (TPSA) is 50.2 Å². The van der Waals surface area contributed by atoms with E-state index in [1.54, 1.807) is 0 Å². The smallest absolute Gasteiger partial charge is 0.340 e. The second-order valence-electron chi connectivity index (χ2n) is 2.29. The van der Waals surface area contributed by atoms with Crippen molar-refractivity contribution in [3.05, 3.63) is 28.3 Å². The van der Waals surface area contributed by atoms with Crippen LogP contribution in [0, 0.1) is 5.82 Å². The van der Waals surface area contributed by atoms with Crippen molar-refractivity contribution in [2.24, 2.45) is 0 Å². The van der Waals surface area contributed by atoms with Gasteiger partial charge in [0, 0.05) is 0 Å². The van der Waals surface area contributed by atoms with Gasteiger partial charge in [0.05, 0.1) is 11.2 Å². The van der Waals surface area contributed by atoms with Crippen LogP contribution in [0.5, 0.6) is 0 Å². The van der Waals surface area contributed by atoms with Crippen LogP contribution in [0.2, 0.25) is 5.02 Å². The summed E-state index contributed by atoms with van der Waals surface area (Å²) in [6, 6.07) is 0. The maximum Gasteiger partial charge on any atom is 0.340 e. The number of carboxylic acids is 1. The molecule has 0 aromatic carbocycles. The maximum absolute atomic E-state index is 12.8. The van der Waals surface area contributed by atoms with E-state index in [0.717, 1.165) is 0 Å². The van der Waals surface area contributed by atoms with E-state index in [-0.39, 0.29) is 0 Å². The molecule has 7 heteroatoms. The van der Waals surface area contributed by atoms with E-state index in [2.05, 4.69) is 4.98 Å². The minimum absolute atomic E-state index is 0.400. The minimum Gasteiger partial charge on any atom is -0.478 e. The first-order chi connectivity index (χ1) is 6.45. The van der Waals surface area contributed by atoms with E-state index in [1.165, 1.54) is 0 Å². The van der Waals surface area contributed by atoms with Crippen LogP contribution in [-0.4, -0.2) is 16.1 Å². The van der Waals surface area contributed by atoms with Crippen LogP contribution in [0.25, 0.3) is 0 Å². The number of hydrogen-bond donors (Lipinski definition) is 1. The van der Waals surface area contributed by atoms with Crippen LogP contribution in [0.1, 0.15) is 22.5 Å². The highest BCUT2D eigenvalue weighted by molar-refractivity contribution is 6.34. The highest BCUT2D eigenvalue weighted by atomic mass is 35.5. The number of aromatic nitrogens is 1. The molecule has 3 nitrogen and oxygen atoms in total. The van der Waals surface area contributed by atoms with Crippen molar-refractivity contribution < 1.29 is 23.1 Å². The molecule has 76 valence electrons. The highest BCUT2D eigenvalue weighted by Crippen LogP contribution is 2.29. The van der Waals surface area contributed by atoms with E-state index >= 15 is 0 Å². The monoisotopic (exact) mass is 225 g/mol. The molecule has 0 saturated carbocycles. The zero-order valence-electron chi connectivity index (χ0n) is 6.47. The van der Waals surface area contributed by atoms with Crippen molar-refractivity contribution >= 4 is 17.6 Å². The van der Waals surface area contributed by atoms with E-state index in [4.69, 9.17) is 16.7 Å². The summed E-state index contributed by atoms with van der Waals surface area (Å²) in [5, 5.41) is 7.59. The molecule has 0 aliphatic heterocycles. The lowest BCUT2D eigenvalue weighted by Gasteiger charge is -2.05. The first-order valence-corrected chi connectivity index (χ1v) is 3.68. The molecule has 0 spiro atoms. The average molecular weight is 226 g/mol. The fourth-order valence-electron chi connectivity index (χ4n) is 0.829. The number of hydrogen-bond acceptors (Lipinski definition) is 2. The molecule has 1 rings (SSSR count). The predicted octanol–water partition coefficient (Wildman–Crippen LogP) is 2.51. The first kappa shape index (κ1) is 10.8. The van der Waals surface area contributed by atoms with Crippen molar-refractivity contribution in [1.82, 2.24) is 4.98 Å². The van der Waals surface area contributed by atoms with Gasteiger partial charge >= 0.3 is 5.97 Å². The van der Waals surface area contributed by atoms with Crippen molar-refractivity contribution in [2.45, 2.75) is 6.43 Å². The molecule has 0 radical (unpaired) electrons. The number of rotatable bonds is 2. The van der Waals surface area contributed by atoms with Crippen LogP contribution in [0.4, 0.5) is 13.2 Å². The quantitative estimate of drug-likeness (QED) is 0.841. The van der Waals surface area contributed by atoms with Gasteiger partial charge in [0.1, 0.15) is 11.3 Å². The van der Waals surface area contributed by atoms with E-state index in [1.807, 2.05) is 0 Å². The SMILES string of the molecule is O=C(O)c1c(F)cnc(C(F)F)c1Cl. The highest BCUT2D eigenvalue weighted by Gasteiger charge is 2.23. The molecule has 0 bridgehead atoms. The van der Waals surface area contributed by atoms with Crippen molar-refractivity contribution in [1.29, 1.82) is 0 Å². The third-order valence-electron chi connectivity index (χ3n) is 1.42. The van der Waals surface area contributed by atoms with Gasteiger partial charge in [-0.15, -0.1) is 0 Å². The van der Waals surface area contributed by atoms with E-state index in [9.17, 15) is 18.0 Å². The van der Waals surface area contributed by atoms with E-state index < -0.39 is 34.5 Å². The second kappa shape index (κ2) is 3.83. The predicted molar refractivity (Wildman–Crippen MR) is 41.1 cm³/mol. The zero-order valence-corrected chi connectivity index (χ0v) is 7.23. The third-order valence-corrected chi connectivity index (χ3v) is 1.80. The molecule has 0 fully saturated rings. The van der Waals surface area contributed by atoms with Gasteiger partial charge in [0.2, 0.25) is 0 Å². The Morgan fingerprint density at radius 1 is 1.57 bits per heavy atom. The van der Waals surface area contributed by atoms with Gasteiger partial charge in [-0.3, -0.25) is 4.98 Å². The average Bonchev–Trinajstić information content (AvgIpc) is 2.02. The second-order valence-corrected chi connectivity index (χ2v) is 2.66. The molecule has 0 atom stereocenters. The summed E-state index contributed by atoms with van der Waals surface area (Å²) in [6.07, 6.45) is -2.64. The van der Waals surface area contributed by atoms with Crippen LogP contribution in [0.15, 0.2) is 6.20 Å². The van der Waals surface area contributed by atoms with Crippen LogP contribution >= 0.6 is 11.6 Å². The Kier molecular flexibility index (Phi) is 2.95. The van der Waals surface area contributed by atoms with Gasteiger partial charge in [-0.25, -0.2) is 18.0 Å². The van der Waals surface area contributed by atoms with Gasteiger partial charge in [0.15, 0.2) is 5.82 Å². The molecule has 1 heterocycles. The normalized spacial score (nSPS) is 10.6. The van der Waals surface area contributed by atoms with E-state index in [0.29, 0.717) is 6.20 Å². The summed E-state index contributed by atoms with van der Waals surface area (Å²) in [4.78, 5) is 13.4. The largest absolute Gasteiger partial charge is 0.478 e. The van der Waals surface area contributed by atoms with Gasteiger partial charge in [0.25, 0.3) is 6.43 Å². The van der Waals surface area contributed by atoms with Gasteiger partial charge < -0.3 is 5.11 Å². The molecule has 0 unspecified atom stereocenters. The number of alkyl halides is 2. The Balaban J connectivity index is 3.41. The summed E-state index contributed by atoms with van der Waals surface area (Å²) in [7, 11) is 0. The first-order valence-electron chi connectivity index (χ1n) is 3.30. The molecule has 0 amide bonds. The molecule has 1 N–H and O–H groups in total. The Bertz CT molecular complexity index is 383. The van der Waals surface area contributed by atoms with Crippen molar-refractivity contribution in [3.63, 3.8) is 0 Å². The molecule has 0 saturated heterocycles. The number of halogens is 4. The lowest BCUT2D eigenvalue weighted by molar-refractivity contribution is 0.0691. The molecular formula is C7H3ClF3NO2. The lowest BCUT2D eigenvalue weighted by Crippen LogP contribution is -2.06. The standard InChI is InChI=1S/C7H3ClF3NO2/c8-4-3(7(13)14)2(9)1-12-5(4)6(10)11/h1,6H,(H,13,14). The van der Waals surface area contributed by atoms with Crippen molar-refractivity contribution in [2.75, 3.05) is 0 Å². The van der Waals surface area contributed by atoms with Crippen LogP contribution in [0.3, 0.4) is 0 Å². The molecule has 1 aromatic heterocycles. The Labute approximate surface area is 81.1 Å². The molecule has 14 heavy (non-hydrogen) atoms. The molecule has 0 aliphatic carbocycles. The molecule has 0 aliphatic rings. The summed E-state index contributed by atoms with van der Waals surface area (Å²) >= 11 is 5.24. The number of pyridine rings is 1. The lowest BCUT2D eigenvalue weighted by atomic mass is 10.2. The summed E-state index contributed by atoms with van der Waals surface area (Å²) in [5.41, 5.74) is -1.93. The summed E-state index contributed by atoms with van der Waals surface area (Å²) in [6.45, 7) is 0. The minimum atomic E-state index is -3.04. The van der Waals surface area contributed by atoms with Crippen molar-refractivity contribution in [3.8, 4) is 0 Å². The zero-order chi connectivity index (χ0) is 10.9. The molecular weight excluding hydrogens is 223 g/mol. The Morgan fingerprint density at radius 2 is 2.14 bits per heavy atom. The summed E-state index contributed by atoms with van der Waals surface area (Å²) < 4.78 is 37.1. The Hall–Kier alpha value is -1.30. The fraction of sp³-hybridized carbons (Fsp3) is 0.143. The fourth-order valence-corrected chi connectivity index (χ4v) is 1.13. The number of carboxylic acid groups (broad SMARTS) is 1. The van der Waals surface area contributed by atoms with Crippen LogP contribution < -0.4 is 0 Å². The van der Waals surface area contributed by atoms with Gasteiger partial charge in [-0.1, -0.05) is 11.6 Å². The number of nitrogens with zero attached hydrogens (tertiary/aromatic N) is 1. The van der Waals surface area contributed by atoms with Gasteiger partial charge in [-0.2, -0.15) is 0 Å². The third kappa shape index (κ3) is 1.79. The van der Waals surface area contributed by atoms with Crippen LogP contribution in [-0.2, 0) is 0 Å². The summed E-state index contributed by atoms with van der Waals surface area (Å²) in [5.74, 6) is -2.95. The molecule has 1 aromatic rings. The number of carbonyl (C=O) groups is 1.